The molecule has 0 aliphatic carbocycles. The molecule has 1 aromatic rings. The van der Waals surface area contributed by atoms with Crippen molar-refractivity contribution < 1.29 is 4.74 Å². The Hall–Kier alpha value is -0.840. The quantitative estimate of drug-likeness (QED) is 0.761. The van der Waals surface area contributed by atoms with E-state index in [1.807, 2.05) is 19.2 Å². The zero-order valence-corrected chi connectivity index (χ0v) is 11.4. The van der Waals surface area contributed by atoms with Crippen LogP contribution in [0.5, 0.6) is 0 Å². The molecule has 0 aromatic carbocycles. The molecule has 0 bridgehead atoms. The Morgan fingerprint density at radius 1 is 1.47 bits per heavy atom. The second kappa shape index (κ2) is 7.48. The van der Waals surface area contributed by atoms with E-state index in [2.05, 4.69) is 22.2 Å². The van der Waals surface area contributed by atoms with Gasteiger partial charge in [-0.05, 0) is 25.6 Å². The third-order valence-electron chi connectivity index (χ3n) is 2.48. The lowest BCUT2D eigenvalue weighted by molar-refractivity contribution is 0.178. The zero-order valence-electron chi connectivity index (χ0n) is 10.7. The highest BCUT2D eigenvalue weighted by Crippen LogP contribution is 2.17. The van der Waals surface area contributed by atoms with Gasteiger partial charge in [-0.1, -0.05) is 11.6 Å². The minimum Gasteiger partial charge on any atom is -0.385 e. The average molecular weight is 258 g/mol. The molecular weight excluding hydrogens is 238 g/mol. The molecule has 0 saturated heterocycles. The molecule has 5 heteroatoms. The number of nitrogens with one attached hydrogen (secondary N) is 1. The first kappa shape index (κ1) is 14.2. The Morgan fingerprint density at radius 2 is 2.24 bits per heavy atom. The predicted octanol–water partition coefficient (Wildman–Crippen LogP) is 2.25. The Bertz CT molecular complexity index is 347. The maximum atomic E-state index is 6.12. The Kier molecular flexibility index (Phi) is 6.26. The fourth-order valence-electron chi connectivity index (χ4n) is 1.55. The van der Waals surface area contributed by atoms with E-state index in [0.29, 0.717) is 5.02 Å². The molecule has 17 heavy (non-hydrogen) atoms. The summed E-state index contributed by atoms with van der Waals surface area (Å²) in [7, 11) is 5.62. The molecule has 0 atom stereocenters. The van der Waals surface area contributed by atoms with Gasteiger partial charge in [0.05, 0.1) is 10.7 Å². The number of hydrogen-bond acceptors (Lipinski definition) is 4. The fraction of sp³-hybridized carbons (Fsp3) is 0.583. The van der Waals surface area contributed by atoms with E-state index in [0.717, 1.165) is 37.6 Å². The normalized spacial score (nSPS) is 10.9. The largest absolute Gasteiger partial charge is 0.385 e. The molecule has 1 N–H and O–H groups in total. The summed E-state index contributed by atoms with van der Waals surface area (Å²) in [5.74, 6) is 0.842. The second-order valence-corrected chi connectivity index (χ2v) is 4.37. The number of pyridine rings is 1. The fourth-order valence-corrected chi connectivity index (χ4v) is 1.71. The topological polar surface area (TPSA) is 37.4 Å². The van der Waals surface area contributed by atoms with Crippen LogP contribution in [0.2, 0.25) is 5.02 Å². The van der Waals surface area contributed by atoms with Gasteiger partial charge >= 0.3 is 0 Å². The van der Waals surface area contributed by atoms with Crippen molar-refractivity contribution in [3.8, 4) is 0 Å². The molecule has 1 aromatic heterocycles. The van der Waals surface area contributed by atoms with Crippen LogP contribution in [0.15, 0.2) is 12.1 Å². The van der Waals surface area contributed by atoms with E-state index < -0.39 is 0 Å². The number of rotatable bonds is 7. The summed E-state index contributed by atoms with van der Waals surface area (Å²) < 4.78 is 5.02. The second-order valence-electron chi connectivity index (χ2n) is 3.96. The van der Waals surface area contributed by atoms with Gasteiger partial charge in [-0.2, -0.15) is 0 Å². The van der Waals surface area contributed by atoms with Crippen molar-refractivity contribution in [3.63, 3.8) is 0 Å². The van der Waals surface area contributed by atoms with Gasteiger partial charge in [0.15, 0.2) is 0 Å². The van der Waals surface area contributed by atoms with Gasteiger partial charge in [0.2, 0.25) is 0 Å². The molecule has 0 amide bonds. The minimum absolute atomic E-state index is 0.711. The summed E-state index contributed by atoms with van der Waals surface area (Å²) in [4.78, 5) is 6.63. The summed E-state index contributed by atoms with van der Waals surface area (Å²) in [6.07, 6.45) is 1.01. The summed E-state index contributed by atoms with van der Waals surface area (Å²) in [5, 5.41) is 3.72. The van der Waals surface area contributed by atoms with Gasteiger partial charge in [-0.15, -0.1) is 0 Å². The van der Waals surface area contributed by atoms with Crippen molar-refractivity contribution in [2.24, 2.45) is 0 Å². The third-order valence-corrected chi connectivity index (χ3v) is 2.83. The summed E-state index contributed by atoms with van der Waals surface area (Å²) in [6, 6.07) is 3.75. The molecular formula is C12H20ClN3O. The molecule has 0 aliphatic rings. The average Bonchev–Trinajstić information content (AvgIpc) is 2.32. The molecule has 0 radical (unpaired) electrons. The molecule has 1 rings (SSSR count). The highest BCUT2D eigenvalue weighted by atomic mass is 35.5. The Morgan fingerprint density at radius 3 is 2.88 bits per heavy atom. The maximum absolute atomic E-state index is 6.12. The van der Waals surface area contributed by atoms with Gasteiger partial charge in [-0.3, -0.25) is 0 Å². The molecule has 1 heterocycles. The van der Waals surface area contributed by atoms with Crippen LogP contribution >= 0.6 is 11.6 Å². The van der Waals surface area contributed by atoms with Gasteiger partial charge in [0, 0.05) is 33.9 Å². The van der Waals surface area contributed by atoms with Crippen LogP contribution in [0.3, 0.4) is 0 Å². The zero-order chi connectivity index (χ0) is 12.7. The van der Waals surface area contributed by atoms with Crippen molar-refractivity contribution in [3.05, 3.63) is 22.8 Å². The first-order valence-electron chi connectivity index (χ1n) is 5.68. The number of aromatic nitrogens is 1. The smallest absolute Gasteiger partial charge is 0.126 e. The summed E-state index contributed by atoms with van der Waals surface area (Å²) in [6.45, 7) is 2.50. The van der Waals surface area contributed by atoms with Crippen LogP contribution in [-0.4, -0.2) is 44.2 Å². The molecule has 96 valence electrons. The standard InChI is InChI=1S/C12H20ClN3O/c1-14-12-6-5-10(13)11(15-12)9-16(2)7-4-8-17-3/h5-6H,4,7-9H2,1-3H3,(H,14,15). The molecule has 0 fully saturated rings. The van der Waals surface area contributed by atoms with E-state index in [4.69, 9.17) is 16.3 Å². The van der Waals surface area contributed by atoms with Crippen molar-refractivity contribution in [1.29, 1.82) is 0 Å². The number of hydrogen-bond donors (Lipinski definition) is 1. The van der Waals surface area contributed by atoms with Gasteiger partial charge in [0.25, 0.3) is 0 Å². The predicted molar refractivity (Wildman–Crippen MR) is 71.6 cm³/mol. The SMILES string of the molecule is CNc1ccc(Cl)c(CN(C)CCCOC)n1. The molecule has 0 spiro atoms. The number of ether oxygens (including phenoxy) is 1. The number of anilines is 1. The number of methoxy groups -OCH3 is 1. The van der Waals surface area contributed by atoms with E-state index in [9.17, 15) is 0 Å². The maximum Gasteiger partial charge on any atom is 0.126 e. The number of halogens is 1. The minimum atomic E-state index is 0.711. The van der Waals surface area contributed by atoms with Crippen LogP contribution in [0, 0.1) is 0 Å². The van der Waals surface area contributed by atoms with E-state index in [1.54, 1.807) is 7.11 Å². The highest BCUT2D eigenvalue weighted by molar-refractivity contribution is 6.31. The number of nitrogens with zero attached hydrogens (tertiary/aromatic N) is 2. The lowest BCUT2D eigenvalue weighted by atomic mass is 10.3. The van der Waals surface area contributed by atoms with Crippen molar-refractivity contribution >= 4 is 17.4 Å². The van der Waals surface area contributed by atoms with Crippen LogP contribution < -0.4 is 5.32 Å². The van der Waals surface area contributed by atoms with Gasteiger partial charge in [-0.25, -0.2) is 4.98 Å². The third kappa shape index (κ3) is 4.89. The van der Waals surface area contributed by atoms with E-state index in [1.165, 1.54) is 0 Å². The first-order chi connectivity index (χ1) is 8.17. The van der Waals surface area contributed by atoms with E-state index in [-0.39, 0.29) is 0 Å². The molecule has 0 aliphatic heterocycles. The Labute approximate surface area is 108 Å². The van der Waals surface area contributed by atoms with Gasteiger partial charge in [0.1, 0.15) is 5.82 Å². The van der Waals surface area contributed by atoms with Crippen LogP contribution in [-0.2, 0) is 11.3 Å². The van der Waals surface area contributed by atoms with Crippen molar-refractivity contribution in [2.75, 3.05) is 39.7 Å². The molecule has 4 nitrogen and oxygen atoms in total. The van der Waals surface area contributed by atoms with Gasteiger partial charge < -0.3 is 15.0 Å². The monoisotopic (exact) mass is 257 g/mol. The summed E-state index contributed by atoms with van der Waals surface area (Å²) >= 11 is 6.12. The Balaban J connectivity index is 2.54. The summed E-state index contributed by atoms with van der Waals surface area (Å²) in [5.41, 5.74) is 0.901. The highest BCUT2D eigenvalue weighted by Gasteiger charge is 2.06. The van der Waals surface area contributed by atoms with Crippen LogP contribution in [0.1, 0.15) is 12.1 Å². The molecule has 0 unspecified atom stereocenters. The van der Waals surface area contributed by atoms with Crippen molar-refractivity contribution in [2.45, 2.75) is 13.0 Å². The first-order valence-corrected chi connectivity index (χ1v) is 6.05. The van der Waals surface area contributed by atoms with E-state index >= 15 is 0 Å². The van der Waals surface area contributed by atoms with Crippen LogP contribution in [0.25, 0.3) is 0 Å². The lowest BCUT2D eigenvalue weighted by Crippen LogP contribution is -2.21. The van der Waals surface area contributed by atoms with Crippen molar-refractivity contribution in [1.82, 2.24) is 9.88 Å². The lowest BCUT2D eigenvalue weighted by Gasteiger charge is -2.17. The molecule has 0 saturated carbocycles. The van der Waals surface area contributed by atoms with Crippen LogP contribution in [0.4, 0.5) is 5.82 Å².